The number of carbonyl (C=O) groups excluding carboxylic acids is 3. The van der Waals surface area contributed by atoms with E-state index in [2.05, 4.69) is 5.32 Å². The molecule has 6 nitrogen and oxygen atoms in total. The van der Waals surface area contributed by atoms with Crippen LogP contribution in [0.5, 0.6) is 5.75 Å². The van der Waals surface area contributed by atoms with Crippen molar-refractivity contribution in [1.29, 1.82) is 0 Å². The van der Waals surface area contributed by atoms with Crippen LogP contribution in [-0.2, 0) is 14.3 Å². The smallest absolute Gasteiger partial charge is 0.344 e. The van der Waals surface area contributed by atoms with Gasteiger partial charge in [0.15, 0.2) is 13.2 Å². The van der Waals surface area contributed by atoms with Crippen molar-refractivity contribution in [2.75, 3.05) is 18.5 Å². The van der Waals surface area contributed by atoms with Crippen molar-refractivity contribution in [3.63, 3.8) is 0 Å². The fourth-order valence-corrected chi connectivity index (χ4v) is 1.87. The molecule has 0 unspecified atom stereocenters. The van der Waals surface area contributed by atoms with Crippen LogP contribution in [0.2, 0.25) is 0 Å². The topological polar surface area (TPSA) is 81.7 Å². The zero-order valence-corrected chi connectivity index (χ0v) is 13.2. The Balaban J connectivity index is 1.73. The largest absolute Gasteiger partial charge is 0.482 e. The summed E-state index contributed by atoms with van der Waals surface area (Å²) in [5.41, 5.74) is 2.10. The van der Waals surface area contributed by atoms with Gasteiger partial charge in [0.25, 0.3) is 5.91 Å². The van der Waals surface area contributed by atoms with Gasteiger partial charge in [-0.15, -0.1) is 0 Å². The minimum atomic E-state index is -0.658. The molecule has 124 valence electrons. The van der Waals surface area contributed by atoms with Gasteiger partial charge in [-0.05, 0) is 42.8 Å². The molecular formula is C18H17NO5. The lowest BCUT2D eigenvalue weighted by Gasteiger charge is -2.09. The number of aryl methyl sites for hydroxylation is 1. The molecule has 0 spiro atoms. The highest BCUT2D eigenvalue weighted by Gasteiger charge is 2.09. The first-order valence-corrected chi connectivity index (χ1v) is 7.27. The summed E-state index contributed by atoms with van der Waals surface area (Å²) in [6.45, 7) is 1.16. The Morgan fingerprint density at radius 3 is 2.42 bits per heavy atom. The monoisotopic (exact) mass is 327 g/mol. The molecule has 6 heteroatoms. The van der Waals surface area contributed by atoms with Gasteiger partial charge >= 0.3 is 5.97 Å². The third kappa shape index (κ3) is 5.24. The van der Waals surface area contributed by atoms with E-state index in [1.807, 2.05) is 19.1 Å². The van der Waals surface area contributed by atoms with Crippen LogP contribution in [0.15, 0.2) is 48.5 Å². The van der Waals surface area contributed by atoms with Gasteiger partial charge in [-0.3, -0.25) is 9.59 Å². The zero-order valence-electron chi connectivity index (χ0n) is 13.2. The maximum atomic E-state index is 11.8. The molecule has 0 saturated carbocycles. The summed E-state index contributed by atoms with van der Waals surface area (Å²) >= 11 is 0. The van der Waals surface area contributed by atoms with Gasteiger partial charge in [0.05, 0.1) is 0 Å². The maximum Gasteiger partial charge on any atom is 0.344 e. The highest BCUT2D eigenvalue weighted by Crippen LogP contribution is 2.13. The third-order valence-electron chi connectivity index (χ3n) is 3.16. The van der Waals surface area contributed by atoms with E-state index in [1.165, 1.54) is 0 Å². The quantitative estimate of drug-likeness (QED) is 0.624. The Kier molecular flexibility index (Phi) is 6.08. The Labute approximate surface area is 139 Å². The SMILES string of the molecule is Cc1ccccc1NC(=O)COC(=O)COc1ccc(C=O)cc1. The second-order valence-corrected chi connectivity index (χ2v) is 5.00. The lowest BCUT2D eigenvalue weighted by Crippen LogP contribution is -2.23. The minimum Gasteiger partial charge on any atom is -0.482 e. The van der Waals surface area contributed by atoms with Crippen molar-refractivity contribution in [2.45, 2.75) is 6.92 Å². The Bertz CT molecular complexity index is 724. The minimum absolute atomic E-state index is 0.321. The second-order valence-electron chi connectivity index (χ2n) is 5.00. The molecule has 0 saturated heterocycles. The lowest BCUT2D eigenvalue weighted by atomic mass is 10.2. The molecule has 0 fully saturated rings. The number of hydrogen-bond acceptors (Lipinski definition) is 5. The number of amides is 1. The lowest BCUT2D eigenvalue weighted by molar-refractivity contribution is -0.149. The van der Waals surface area contributed by atoms with Gasteiger partial charge < -0.3 is 14.8 Å². The number of aldehydes is 1. The van der Waals surface area contributed by atoms with Gasteiger partial charge in [-0.1, -0.05) is 18.2 Å². The molecule has 0 aromatic heterocycles. The predicted molar refractivity (Wildman–Crippen MR) is 88.1 cm³/mol. The first-order chi connectivity index (χ1) is 11.6. The number of ether oxygens (including phenoxy) is 2. The average molecular weight is 327 g/mol. The van der Waals surface area contributed by atoms with Crippen molar-refractivity contribution in [3.05, 3.63) is 59.7 Å². The van der Waals surface area contributed by atoms with Gasteiger partial charge in [0.1, 0.15) is 12.0 Å². The van der Waals surface area contributed by atoms with Crippen LogP contribution in [0, 0.1) is 6.92 Å². The number of para-hydroxylation sites is 1. The van der Waals surface area contributed by atoms with Crippen LogP contribution >= 0.6 is 0 Å². The van der Waals surface area contributed by atoms with E-state index >= 15 is 0 Å². The summed E-state index contributed by atoms with van der Waals surface area (Å²) in [7, 11) is 0. The number of esters is 1. The third-order valence-corrected chi connectivity index (χ3v) is 3.16. The number of hydrogen-bond donors (Lipinski definition) is 1. The normalized spacial score (nSPS) is 9.88. The molecule has 24 heavy (non-hydrogen) atoms. The van der Waals surface area contributed by atoms with E-state index in [0.717, 1.165) is 5.56 Å². The summed E-state index contributed by atoms with van der Waals surface area (Å²) < 4.78 is 10.1. The molecule has 1 amide bonds. The van der Waals surface area contributed by atoms with Crippen molar-refractivity contribution in [2.24, 2.45) is 0 Å². The van der Waals surface area contributed by atoms with E-state index in [-0.39, 0.29) is 13.2 Å². The molecule has 0 aliphatic carbocycles. The molecule has 0 aliphatic heterocycles. The highest BCUT2D eigenvalue weighted by molar-refractivity contribution is 5.93. The van der Waals surface area contributed by atoms with Crippen molar-refractivity contribution in [1.82, 2.24) is 0 Å². The molecule has 0 radical (unpaired) electrons. The summed E-state index contributed by atoms with van der Waals surface area (Å²) in [6, 6.07) is 13.6. The summed E-state index contributed by atoms with van der Waals surface area (Å²) in [5.74, 6) is -0.649. The van der Waals surface area contributed by atoms with Gasteiger partial charge in [-0.25, -0.2) is 4.79 Å². The van der Waals surface area contributed by atoms with Gasteiger partial charge in [0, 0.05) is 11.3 Å². The zero-order chi connectivity index (χ0) is 17.4. The molecule has 1 N–H and O–H groups in total. The van der Waals surface area contributed by atoms with Crippen molar-refractivity contribution in [3.8, 4) is 5.75 Å². The maximum absolute atomic E-state index is 11.8. The molecule has 2 aromatic rings. The standard InChI is InChI=1S/C18H17NO5/c1-13-4-2-3-5-16(13)19-17(21)11-24-18(22)12-23-15-8-6-14(10-20)7-9-15/h2-10H,11-12H2,1H3,(H,19,21). The molecule has 0 atom stereocenters. The van der Waals surface area contributed by atoms with Crippen LogP contribution in [0.3, 0.4) is 0 Å². The molecule has 2 rings (SSSR count). The van der Waals surface area contributed by atoms with E-state index in [9.17, 15) is 14.4 Å². The molecular weight excluding hydrogens is 310 g/mol. The Morgan fingerprint density at radius 1 is 1.04 bits per heavy atom. The number of carbonyl (C=O) groups is 3. The van der Waals surface area contributed by atoms with Crippen LogP contribution < -0.4 is 10.1 Å². The fourth-order valence-electron chi connectivity index (χ4n) is 1.87. The van der Waals surface area contributed by atoms with E-state index in [0.29, 0.717) is 23.3 Å². The van der Waals surface area contributed by atoms with Crippen molar-refractivity contribution >= 4 is 23.9 Å². The van der Waals surface area contributed by atoms with Gasteiger partial charge in [-0.2, -0.15) is 0 Å². The Morgan fingerprint density at radius 2 is 1.75 bits per heavy atom. The molecule has 0 heterocycles. The predicted octanol–water partition coefficient (Wildman–Crippen LogP) is 2.37. The molecule has 0 aliphatic rings. The average Bonchev–Trinajstić information content (AvgIpc) is 2.60. The number of anilines is 1. The van der Waals surface area contributed by atoms with Crippen LogP contribution in [0.25, 0.3) is 0 Å². The first kappa shape index (κ1) is 17.2. The molecule has 2 aromatic carbocycles. The van der Waals surface area contributed by atoms with Gasteiger partial charge in [0.2, 0.25) is 0 Å². The number of rotatable bonds is 7. The number of nitrogens with one attached hydrogen (secondary N) is 1. The second kappa shape index (κ2) is 8.47. The van der Waals surface area contributed by atoms with Crippen molar-refractivity contribution < 1.29 is 23.9 Å². The molecule has 0 bridgehead atoms. The van der Waals surface area contributed by atoms with Crippen LogP contribution in [0.1, 0.15) is 15.9 Å². The summed E-state index contributed by atoms with van der Waals surface area (Å²) in [5, 5.41) is 2.66. The summed E-state index contributed by atoms with van der Waals surface area (Å²) in [6.07, 6.45) is 0.713. The number of benzene rings is 2. The van der Waals surface area contributed by atoms with E-state index in [4.69, 9.17) is 9.47 Å². The Hall–Kier alpha value is -3.15. The van der Waals surface area contributed by atoms with E-state index in [1.54, 1.807) is 36.4 Å². The van der Waals surface area contributed by atoms with Crippen LogP contribution in [0.4, 0.5) is 5.69 Å². The first-order valence-electron chi connectivity index (χ1n) is 7.27. The highest BCUT2D eigenvalue weighted by atomic mass is 16.6. The van der Waals surface area contributed by atoms with Crippen LogP contribution in [-0.4, -0.2) is 31.4 Å². The fraction of sp³-hybridized carbons (Fsp3) is 0.167. The van der Waals surface area contributed by atoms with E-state index < -0.39 is 11.9 Å². The summed E-state index contributed by atoms with van der Waals surface area (Å²) in [4.78, 5) is 33.9.